The molecule has 2 aromatic heterocycles. The summed E-state index contributed by atoms with van der Waals surface area (Å²) in [5.41, 5.74) is 1.84. The standard InChI is InChI=1S/C14H21N5O/c1-11-3-4-13-15-16-14(19(13)17-11)12-5-7-18(8-6-12)9-10-20-2/h3-4,12H,5-10H2,1-2H3. The second-order valence-corrected chi connectivity index (χ2v) is 5.41. The summed E-state index contributed by atoms with van der Waals surface area (Å²) in [6.07, 6.45) is 2.22. The van der Waals surface area contributed by atoms with Gasteiger partial charge in [-0.05, 0) is 45.0 Å². The lowest BCUT2D eigenvalue weighted by Crippen LogP contribution is -2.35. The Morgan fingerprint density at radius 2 is 2.05 bits per heavy atom. The summed E-state index contributed by atoms with van der Waals surface area (Å²) in [6, 6.07) is 3.95. The van der Waals surface area contributed by atoms with Crippen molar-refractivity contribution in [2.24, 2.45) is 0 Å². The summed E-state index contributed by atoms with van der Waals surface area (Å²) in [6.45, 7) is 6.00. The number of hydrogen-bond acceptors (Lipinski definition) is 5. The zero-order valence-electron chi connectivity index (χ0n) is 12.1. The van der Waals surface area contributed by atoms with E-state index in [1.165, 1.54) is 0 Å². The van der Waals surface area contributed by atoms with Crippen molar-refractivity contribution in [3.05, 3.63) is 23.7 Å². The van der Waals surface area contributed by atoms with Crippen molar-refractivity contribution >= 4 is 5.65 Å². The number of ether oxygens (including phenoxy) is 1. The van der Waals surface area contributed by atoms with Crippen LogP contribution >= 0.6 is 0 Å². The van der Waals surface area contributed by atoms with Crippen LogP contribution in [0, 0.1) is 6.92 Å². The molecule has 0 aliphatic carbocycles. The van der Waals surface area contributed by atoms with Crippen LogP contribution in [0.4, 0.5) is 0 Å². The van der Waals surface area contributed by atoms with Crippen LogP contribution in [0.1, 0.15) is 30.3 Å². The van der Waals surface area contributed by atoms with Gasteiger partial charge in [0.1, 0.15) is 0 Å². The lowest BCUT2D eigenvalue weighted by Gasteiger charge is -2.30. The van der Waals surface area contributed by atoms with Gasteiger partial charge in [0.05, 0.1) is 12.3 Å². The van der Waals surface area contributed by atoms with Gasteiger partial charge in [0.2, 0.25) is 0 Å². The summed E-state index contributed by atoms with van der Waals surface area (Å²) in [5.74, 6) is 1.47. The molecule has 0 amide bonds. The molecule has 0 N–H and O–H groups in total. The Bertz CT molecular complexity index is 574. The lowest BCUT2D eigenvalue weighted by atomic mass is 9.96. The lowest BCUT2D eigenvalue weighted by molar-refractivity contribution is 0.129. The second-order valence-electron chi connectivity index (χ2n) is 5.41. The molecular weight excluding hydrogens is 254 g/mol. The first-order chi connectivity index (χ1) is 9.78. The SMILES string of the molecule is COCCN1CCC(c2nnc3ccc(C)nn23)CC1. The largest absolute Gasteiger partial charge is 0.383 e. The van der Waals surface area contributed by atoms with Gasteiger partial charge in [0.25, 0.3) is 0 Å². The fourth-order valence-electron chi connectivity index (χ4n) is 2.79. The highest BCUT2D eigenvalue weighted by molar-refractivity contribution is 5.36. The number of rotatable bonds is 4. The summed E-state index contributed by atoms with van der Waals surface area (Å²) in [5, 5.41) is 13.1. The summed E-state index contributed by atoms with van der Waals surface area (Å²) in [4.78, 5) is 2.45. The van der Waals surface area contributed by atoms with Gasteiger partial charge in [-0.15, -0.1) is 10.2 Å². The van der Waals surface area contributed by atoms with Crippen molar-refractivity contribution in [3.8, 4) is 0 Å². The number of aryl methyl sites for hydroxylation is 1. The molecule has 1 saturated heterocycles. The molecule has 6 heteroatoms. The predicted molar refractivity (Wildman–Crippen MR) is 75.8 cm³/mol. The molecule has 1 fully saturated rings. The monoisotopic (exact) mass is 275 g/mol. The number of fused-ring (bicyclic) bond motifs is 1. The fourth-order valence-corrected chi connectivity index (χ4v) is 2.79. The van der Waals surface area contributed by atoms with Crippen molar-refractivity contribution in [1.82, 2.24) is 24.7 Å². The minimum absolute atomic E-state index is 0.457. The van der Waals surface area contributed by atoms with E-state index in [4.69, 9.17) is 4.74 Å². The van der Waals surface area contributed by atoms with E-state index in [2.05, 4.69) is 20.2 Å². The van der Waals surface area contributed by atoms with Gasteiger partial charge in [0, 0.05) is 19.6 Å². The maximum Gasteiger partial charge on any atom is 0.177 e. The average Bonchev–Trinajstić information content (AvgIpc) is 2.88. The van der Waals surface area contributed by atoms with E-state index in [0.29, 0.717) is 5.92 Å². The van der Waals surface area contributed by atoms with Crippen molar-refractivity contribution in [2.45, 2.75) is 25.7 Å². The van der Waals surface area contributed by atoms with Crippen molar-refractivity contribution < 1.29 is 4.74 Å². The van der Waals surface area contributed by atoms with Gasteiger partial charge in [-0.2, -0.15) is 9.61 Å². The highest BCUT2D eigenvalue weighted by Gasteiger charge is 2.24. The first kappa shape index (κ1) is 13.5. The molecule has 0 unspecified atom stereocenters. The molecule has 0 spiro atoms. The number of hydrogen-bond donors (Lipinski definition) is 0. The summed E-state index contributed by atoms with van der Waals surface area (Å²) in [7, 11) is 1.75. The van der Waals surface area contributed by atoms with Crippen LogP contribution < -0.4 is 0 Å². The molecule has 0 radical (unpaired) electrons. The Balaban J connectivity index is 1.72. The molecule has 2 aromatic rings. The minimum Gasteiger partial charge on any atom is -0.383 e. The van der Waals surface area contributed by atoms with Crippen molar-refractivity contribution in [2.75, 3.05) is 33.4 Å². The topological polar surface area (TPSA) is 55.5 Å². The van der Waals surface area contributed by atoms with E-state index >= 15 is 0 Å². The number of nitrogens with zero attached hydrogens (tertiary/aromatic N) is 5. The van der Waals surface area contributed by atoms with E-state index in [0.717, 1.165) is 56.2 Å². The van der Waals surface area contributed by atoms with Gasteiger partial charge in [-0.25, -0.2) is 0 Å². The molecule has 0 atom stereocenters. The van der Waals surface area contributed by atoms with Crippen LogP contribution in [0.15, 0.2) is 12.1 Å². The van der Waals surface area contributed by atoms with Crippen LogP contribution in [0.5, 0.6) is 0 Å². The third-order valence-corrected chi connectivity index (χ3v) is 3.98. The van der Waals surface area contributed by atoms with Gasteiger partial charge in [-0.1, -0.05) is 0 Å². The van der Waals surface area contributed by atoms with Gasteiger partial charge in [0.15, 0.2) is 11.5 Å². The average molecular weight is 275 g/mol. The smallest absolute Gasteiger partial charge is 0.177 e. The van der Waals surface area contributed by atoms with Crippen LogP contribution in [-0.4, -0.2) is 58.1 Å². The number of piperidine rings is 1. The third-order valence-electron chi connectivity index (χ3n) is 3.98. The van der Waals surface area contributed by atoms with E-state index in [1.54, 1.807) is 7.11 Å². The van der Waals surface area contributed by atoms with Crippen LogP contribution in [0.3, 0.4) is 0 Å². The summed E-state index contributed by atoms with van der Waals surface area (Å²) >= 11 is 0. The highest BCUT2D eigenvalue weighted by atomic mass is 16.5. The Morgan fingerprint density at radius 1 is 1.25 bits per heavy atom. The van der Waals surface area contributed by atoms with Gasteiger partial charge < -0.3 is 9.64 Å². The fraction of sp³-hybridized carbons (Fsp3) is 0.643. The second kappa shape index (κ2) is 5.85. The van der Waals surface area contributed by atoms with Crippen LogP contribution in [0.2, 0.25) is 0 Å². The first-order valence-corrected chi connectivity index (χ1v) is 7.18. The molecule has 108 valence electrons. The summed E-state index contributed by atoms with van der Waals surface area (Å²) < 4.78 is 7.04. The molecule has 1 aliphatic heterocycles. The minimum atomic E-state index is 0.457. The Labute approximate surface area is 118 Å². The van der Waals surface area contributed by atoms with E-state index in [9.17, 15) is 0 Å². The molecule has 3 rings (SSSR count). The Hall–Kier alpha value is -1.53. The van der Waals surface area contributed by atoms with Crippen molar-refractivity contribution in [1.29, 1.82) is 0 Å². The van der Waals surface area contributed by atoms with E-state index in [-0.39, 0.29) is 0 Å². The first-order valence-electron chi connectivity index (χ1n) is 7.18. The molecule has 6 nitrogen and oxygen atoms in total. The van der Waals surface area contributed by atoms with E-state index < -0.39 is 0 Å². The molecular formula is C14H21N5O. The molecule has 3 heterocycles. The Morgan fingerprint density at radius 3 is 2.80 bits per heavy atom. The van der Waals surface area contributed by atoms with Gasteiger partial charge >= 0.3 is 0 Å². The third kappa shape index (κ3) is 2.66. The maximum atomic E-state index is 5.14. The predicted octanol–water partition coefficient (Wildman–Crippen LogP) is 1.26. The van der Waals surface area contributed by atoms with Crippen LogP contribution in [0.25, 0.3) is 5.65 Å². The quantitative estimate of drug-likeness (QED) is 0.841. The zero-order valence-corrected chi connectivity index (χ0v) is 12.1. The molecule has 0 aromatic carbocycles. The van der Waals surface area contributed by atoms with Crippen LogP contribution in [-0.2, 0) is 4.74 Å². The molecule has 0 saturated carbocycles. The highest BCUT2D eigenvalue weighted by Crippen LogP contribution is 2.26. The number of aromatic nitrogens is 4. The molecule has 1 aliphatic rings. The Kier molecular flexibility index (Phi) is 3.93. The van der Waals surface area contributed by atoms with Gasteiger partial charge in [-0.3, -0.25) is 0 Å². The number of methoxy groups -OCH3 is 1. The normalized spacial score (nSPS) is 17.9. The van der Waals surface area contributed by atoms with Crippen molar-refractivity contribution in [3.63, 3.8) is 0 Å². The number of likely N-dealkylation sites (tertiary alicyclic amines) is 1. The zero-order chi connectivity index (χ0) is 13.9. The molecule has 0 bridgehead atoms. The molecule has 20 heavy (non-hydrogen) atoms. The maximum absolute atomic E-state index is 5.14. The van der Waals surface area contributed by atoms with E-state index in [1.807, 2.05) is 23.6 Å².